The Labute approximate surface area is 140 Å². The van der Waals surface area contributed by atoms with Crippen LogP contribution in [0.15, 0.2) is 0 Å². The van der Waals surface area contributed by atoms with Crippen LogP contribution in [0.3, 0.4) is 0 Å². The SMILES string of the molecule is COCCN1CCN(C(=O)[C@H]2CCCCN2)CC1C.Cl.Cl. The molecule has 0 saturated carbocycles. The third-order valence-electron chi connectivity index (χ3n) is 4.27. The fourth-order valence-electron chi connectivity index (χ4n) is 3.02. The van der Waals surface area contributed by atoms with Gasteiger partial charge in [-0.3, -0.25) is 9.69 Å². The third kappa shape index (κ3) is 5.91. The summed E-state index contributed by atoms with van der Waals surface area (Å²) < 4.78 is 5.13. The zero-order valence-corrected chi connectivity index (χ0v) is 14.7. The van der Waals surface area contributed by atoms with Crippen molar-refractivity contribution >= 4 is 30.7 Å². The van der Waals surface area contributed by atoms with Crippen LogP contribution < -0.4 is 5.32 Å². The highest BCUT2D eigenvalue weighted by atomic mass is 35.5. The van der Waals surface area contributed by atoms with E-state index < -0.39 is 0 Å². The summed E-state index contributed by atoms with van der Waals surface area (Å²) in [6, 6.07) is 0.489. The number of carbonyl (C=O) groups excluding carboxylic acids is 1. The first-order valence-electron chi connectivity index (χ1n) is 7.47. The smallest absolute Gasteiger partial charge is 0.239 e. The van der Waals surface area contributed by atoms with Gasteiger partial charge in [-0.1, -0.05) is 6.42 Å². The van der Waals surface area contributed by atoms with Crippen LogP contribution in [0.5, 0.6) is 0 Å². The van der Waals surface area contributed by atoms with Crippen molar-refractivity contribution in [3.8, 4) is 0 Å². The number of carbonyl (C=O) groups is 1. The van der Waals surface area contributed by atoms with Gasteiger partial charge in [-0.25, -0.2) is 0 Å². The molecule has 2 atom stereocenters. The molecule has 0 radical (unpaired) electrons. The van der Waals surface area contributed by atoms with Gasteiger partial charge in [0.1, 0.15) is 0 Å². The molecule has 2 fully saturated rings. The summed E-state index contributed by atoms with van der Waals surface area (Å²) in [5, 5.41) is 3.35. The fraction of sp³-hybridized carbons (Fsp3) is 0.929. The highest BCUT2D eigenvalue weighted by Gasteiger charge is 2.30. The van der Waals surface area contributed by atoms with Gasteiger partial charge in [-0.2, -0.15) is 0 Å². The average Bonchev–Trinajstić information content (AvgIpc) is 2.46. The molecular formula is C14H29Cl2N3O2. The first-order valence-corrected chi connectivity index (χ1v) is 7.47. The first-order chi connectivity index (χ1) is 9.22. The van der Waals surface area contributed by atoms with Crippen molar-refractivity contribution < 1.29 is 9.53 Å². The van der Waals surface area contributed by atoms with Crippen molar-refractivity contribution in [3.05, 3.63) is 0 Å². The Morgan fingerprint density at radius 3 is 2.62 bits per heavy atom. The second kappa shape index (κ2) is 10.6. The molecule has 2 heterocycles. The molecule has 21 heavy (non-hydrogen) atoms. The Bertz CT molecular complexity index is 302. The van der Waals surface area contributed by atoms with Crippen LogP contribution in [-0.4, -0.2) is 74.2 Å². The second-order valence-corrected chi connectivity index (χ2v) is 5.66. The molecule has 0 spiro atoms. The van der Waals surface area contributed by atoms with Crippen molar-refractivity contribution in [3.63, 3.8) is 0 Å². The number of nitrogens with zero attached hydrogens (tertiary/aromatic N) is 2. The van der Waals surface area contributed by atoms with E-state index in [9.17, 15) is 4.79 Å². The van der Waals surface area contributed by atoms with E-state index in [-0.39, 0.29) is 30.9 Å². The number of methoxy groups -OCH3 is 1. The van der Waals surface area contributed by atoms with Gasteiger partial charge in [0.15, 0.2) is 0 Å². The van der Waals surface area contributed by atoms with E-state index in [1.165, 1.54) is 12.8 Å². The maximum Gasteiger partial charge on any atom is 0.239 e. The molecule has 2 aliphatic rings. The average molecular weight is 342 g/mol. The molecule has 1 N–H and O–H groups in total. The molecule has 2 rings (SSSR count). The van der Waals surface area contributed by atoms with E-state index in [0.717, 1.165) is 45.8 Å². The minimum Gasteiger partial charge on any atom is -0.383 e. The van der Waals surface area contributed by atoms with Gasteiger partial charge in [0.25, 0.3) is 0 Å². The Hall–Kier alpha value is -0.0700. The molecule has 1 unspecified atom stereocenters. The molecule has 126 valence electrons. The van der Waals surface area contributed by atoms with E-state index in [1.54, 1.807) is 7.11 Å². The van der Waals surface area contributed by atoms with E-state index in [4.69, 9.17) is 4.74 Å². The lowest BCUT2D eigenvalue weighted by atomic mass is 10.0. The number of halogens is 2. The van der Waals surface area contributed by atoms with Gasteiger partial charge in [-0.05, 0) is 26.3 Å². The fourth-order valence-corrected chi connectivity index (χ4v) is 3.02. The standard InChI is InChI=1S/C14H27N3O2.2ClH/c1-12-11-17(8-7-16(12)9-10-19-2)14(18)13-5-3-4-6-15-13;;/h12-13,15H,3-11H2,1-2H3;2*1H/t12?,13-;;/m1../s1. The molecule has 5 nitrogen and oxygen atoms in total. The minimum absolute atomic E-state index is 0. The zero-order valence-electron chi connectivity index (χ0n) is 13.0. The lowest BCUT2D eigenvalue weighted by molar-refractivity contribution is -0.137. The molecule has 0 bridgehead atoms. The van der Waals surface area contributed by atoms with Crippen LogP contribution in [0.4, 0.5) is 0 Å². The van der Waals surface area contributed by atoms with Gasteiger partial charge in [0.2, 0.25) is 5.91 Å². The van der Waals surface area contributed by atoms with E-state index in [1.807, 2.05) is 4.90 Å². The number of ether oxygens (including phenoxy) is 1. The monoisotopic (exact) mass is 341 g/mol. The summed E-state index contributed by atoms with van der Waals surface area (Å²) in [7, 11) is 1.74. The summed E-state index contributed by atoms with van der Waals surface area (Å²) in [6.45, 7) is 7.57. The molecule has 0 aromatic rings. The number of piperazine rings is 1. The number of amides is 1. The Morgan fingerprint density at radius 1 is 1.29 bits per heavy atom. The quantitative estimate of drug-likeness (QED) is 0.833. The van der Waals surface area contributed by atoms with E-state index >= 15 is 0 Å². The van der Waals surface area contributed by atoms with Crippen molar-refractivity contribution in [2.45, 2.75) is 38.3 Å². The molecule has 2 aliphatic heterocycles. The Kier molecular flexibility index (Phi) is 10.6. The van der Waals surface area contributed by atoms with Crippen LogP contribution in [0, 0.1) is 0 Å². The number of piperidine rings is 1. The molecule has 0 aromatic carbocycles. The van der Waals surface area contributed by atoms with Crippen LogP contribution in [0.25, 0.3) is 0 Å². The topological polar surface area (TPSA) is 44.8 Å². The summed E-state index contributed by atoms with van der Waals surface area (Å²) in [6.07, 6.45) is 3.37. The first kappa shape index (κ1) is 20.9. The van der Waals surface area contributed by atoms with Gasteiger partial charge >= 0.3 is 0 Å². The summed E-state index contributed by atoms with van der Waals surface area (Å²) in [5.41, 5.74) is 0. The molecule has 2 saturated heterocycles. The van der Waals surface area contributed by atoms with Crippen molar-refractivity contribution in [2.75, 3.05) is 46.4 Å². The maximum absolute atomic E-state index is 12.4. The third-order valence-corrected chi connectivity index (χ3v) is 4.27. The molecule has 7 heteroatoms. The van der Waals surface area contributed by atoms with Crippen LogP contribution >= 0.6 is 24.8 Å². The Balaban J connectivity index is 0.00000200. The molecule has 1 amide bonds. The van der Waals surface area contributed by atoms with Crippen molar-refractivity contribution in [2.24, 2.45) is 0 Å². The predicted octanol–water partition coefficient (Wildman–Crippen LogP) is 1.15. The normalized spacial score (nSPS) is 26.7. The molecule has 0 aliphatic carbocycles. The van der Waals surface area contributed by atoms with Crippen molar-refractivity contribution in [1.82, 2.24) is 15.1 Å². The zero-order chi connectivity index (χ0) is 13.7. The van der Waals surface area contributed by atoms with Gasteiger partial charge < -0.3 is 15.0 Å². The second-order valence-electron chi connectivity index (χ2n) is 5.66. The lowest BCUT2D eigenvalue weighted by Gasteiger charge is -2.41. The highest BCUT2D eigenvalue weighted by Crippen LogP contribution is 2.14. The summed E-state index contributed by atoms with van der Waals surface area (Å²) in [4.78, 5) is 16.9. The number of rotatable bonds is 4. The van der Waals surface area contributed by atoms with E-state index in [2.05, 4.69) is 17.1 Å². The van der Waals surface area contributed by atoms with Gasteiger partial charge in [-0.15, -0.1) is 24.8 Å². The van der Waals surface area contributed by atoms with Gasteiger partial charge in [0, 0.05) is 39.3 Å². The summed E-state index contributed by atoms with van der Waals surface area (Å²) >= 11 is 0. The Morgan fingerprint density at radius 2 is 2.05 bits per heavy atom. The maximum atomic E-state index is 12.4. The largest absolute Gasteiger partial charge is 0.383 e. The summed E-state index contributed by atoms with van der Waals surface area (Å²) in [5.74, 6) is 0.304. The lowest BCUT2D eigenvalue weighted by Crippen LogP contribution is -2.58. The molecular weight excluding hydrogens is 313 g/mol. The van der Waals surface area contributed by atoms with Gasteiger partial charge in [0.05, 0.1) is 12.6 Å². The number of hydrogen-bond donors (Lipinski definition) is 1. The van der Waals surface area contributed by atoms with Crippen LogP contribution in [-0.2, 0) is 9.53 Å². The molecule has 0 aromatic heterocycles. The predicted molar refractivity (Wildman–Crippen MR) is 89.6 cm³/mol. The van der Waals surface area contributed by atoms with E-state index in [0.29, 0.717) is 11.9 Å². The van der Waals surface area contributed by atoms with Crippen LogP contribution in [0.2, 0.25) is 0 Å². The number of hydrogen-bond acceptors (Lipinski definition) is 4. The van der Waals surface area contributed by atoms with Crippen LogP contribution in [0.1, 0.15) is 26.2 Å². The highest BCUT2D eigenvalue weighted by molar-refractivity contribution is 5.85. The number of nitrogens with one attached hydrogen (secondary N) is 1. The minimum atomic E-state index is 0. The van der Waals surface area contributed by atoms with Crippen molar-refractivity contribution in [1.29, 1.82) is 0 Å².